The summed E-state index contributed by atoms with van der Waals surface area (Å²) in [5, 5.41) is 0. The summed E-state index contributed by atoms with van der Waals surface area (Å²) in [6.45, 7) is 4.26. The number of pyridine rings is 1. The van der Waals surface area contributed by atoms with Gasteiger partial charge >= 0.3 is 0 Å². The zero-order valence-electron chi connectivity index (χ0n) is 12.3. The molecule has 3 rings (SSSR count). The number of hydrogen-bond donors (Lipinski definition) is 0. The smallest absolute Gasteiger partial charge is 0.254 e. The highest BCUT2D eigenvalue weighted by Gasteiger charge is 2.22. The molecule has 5 heteroatoms. The van der Waals surface area contributed by atoms with Crippen LogP contribution in [0, 0.1) is 0 Å². The van der Waals surface area contributed by atoms with Crippen LogP contribution in [0.2, 0.25) is 0 Å². The zero-order chi connectivity index (χ0) is 15.4. The van der Waals surface area contributed by atoms with E-state index in [0.29, 0.717) is 5.56 Å². The molecule has 1 amide bonds. The van der Waals surface area contributed by atoms with Crippen molar-refractivity contribution >= 4 is 21.8 Å². The summed E-state index contributed by atoms with van der Waals surface area (Å²) in [4.78, 5) is 20.7. The first-order valence-corrected chi connectivity index (χ1v) is 8.18. The molecule has 1 saturated heterocycles. The van der Waals surface area contributed by atoms with Crippen LogP contribution < -0.4 is 0 Å². The Hall–Kier alpha value is -1.72. The Labute approximate surface area is 138 Å². The minimum absolute atomic E-state index is 0.0999. The monoisotopic (exact) mass is 359 g/mol. The van der Waals surface area contributed by atoms with Crippen molar-refractivity contribution in [3.05, 3.63) is 64.4 Å². The first kappa shape index (κ1) is 15.2. The highest BCUT2D eigenvalue weighted by atomic mass is 79.9. The summed E-state index contributed by atoms with van der Waals surface area (Å²) in [7, 11) is 0. The quantitative estimate of drug-likeness (QED) is 0.845. The van der Waals surface area contributed by atoms with E-state index in [2.05, 4.69) is 44.0 Å². The van der Waals surface area contributed by atoms with Gasteiger partial charge in [0.2, 0.25) is 0 Å². The Morgan fingerprint density at radius 2 is 1.73 bits per heavy atom. The molecule has 1 aliphatic rings. The second-order valence-electron chi connectivity index (χ2n) is 5.40. The number of aromatic nitrogens is 1. The molecule has 0 N–H and O–H groups in total. The molecule has 0 aliphatic carbocycles. The molecule has 1 aromatic carbocycles. The lowest BCUT2D eigenvalue weighted by atomic mass is 10.2. The Morgan fingerprint density at radius 3 is 2.41 bits per heavy atom. The molecule has 1 aliphatic heterocycles. The molecule has 0 bridgehead atoms. The van der Waals surface area contributed by atoms with E-state index in [4.69, 9.17) is 0 Å². The lowest BCUT2D eigenvalue weighted by molar-refractivity contribution is 0.0628. The van der Waals surface area contributed by atoms with Crippen molar-refractivity contribution in [1.82, 2.24) is 14.8 Å². The number of nitrogens with zero attached hydrogens (tertiary/aromatic N) is 3. The van der Waals surface area contributed by atoms with Crippen LogP contribution in [0.15, 0.2) is 53.3 Å². The fraction of sp³-hybridized carbons (Fsp3) is 0.294. The fourth-order valence-electron chi connectivity index (χ4n) is 2.65. The van der Waals surface area contributed by atoms with Gasteiger partial charge in [0.1, 0.15) is 0 Å². The second kappa shape index (κ2) is 7.03. The van der Waals surface area contributed by atoms with Gasteiger partial charge in [-0.15, -0.1) is 0 Å². The zero-order valence-corrected chi connectivity index (χ0v) is 13.9. The van der Waals surface area contributed by atoms with E-state index < -0.39 is 0 Å². The molecule has 4 nitrogen and oxygen atoms in total. The number of piperazine rings is 1. The molecule has 2 aromatic rings. The van der Waals surface area contributed by atoms with E-state index in [0.717, 1.165) is 37.2 Å². The normalized spacial score (nSPS) is 15.8. The van der Waals surface area contributed by atoms with E-state index in [9.17, 15) is 4.79 Å². The molecule has 1 fully saturated rings. The lowest BCUT2D eigenvalue weighted by Gasteiger charge is -2.35. The van der Waals surface area contributed by atoms with Crippen LogP contribution in [-0.4, -0.2) is 46.9 Å². The van der Waals surface area contributed by atoms with Gasteiger partial charge in [-0.1, -0.05) is 34.1 Å². The molecule has 1 aromatic heterocycles. The molecule has 114 valence electrons. The minimum Gasteiger partial charge on any atom is -0.336 e. The minimum atomic E-state index is 0.0999. The third-order valence-corrected chi connectivity index (χ3v) is 4.71. The van der Waals surface area contributed by atoms with Gasteiger partial charge in [0.25, 0.3) is 5.91 Å². The summed E-state index contributed by atoms with van der Waals surface area (Å²) >= 11 is 3.59. The third-order valence-electron chi connectivity index (χ3n) is 3.94. The molecule has 0 saturated carbocycles. The largest absolute Gasteiger partial charge is 0.336 e. The summed E-state index contributed by atoms with van der Waals surface area (Å²) < 4.78 is 1.14. The highest BCUT2D eigenvalue weighted by Crippen LogP contribution is 2.19. The van der Waals surface area contributed by atoms with Gasteiger partial charge in [-0.3, -0.25) is 14.7 Å². The maximum Gasteiger partial charge on any atom is 0.254 e. The molecule has 0 spiro atoms. The van der Waals surface area contributed by atoms with Gasteiger partial charge in [-0.25, -0.2) is 0 Å². The maximum absolute atomic E-state index is 12.4. The van der Waals surface area contributed by atoms with E-state index >= 15 is 0 Å². The van der Waals surface area contributed by atoms with Crippen LogP contribution in [0.4, 0.5) is 0 Å². The van der Waals surface area contributed by atoms with Crippen LogP contribution in [0.1, 0.15) is 15.9 Å². The van der Waals surface area contributed by atoms with E-state index in [-0.39, 0.29) is 5.91 Å². The van der Waals surface area contributed by atoms with Crippen molar-refractivity contribution in [2.45, 2.75) is 6.54 Å². The first-order chi connectivity index (χ1) is 10.7. The third kappa shape index (κ3) is 3.54. The fourth-order valence-corrected chi connectivity index (χ4v) is 3.06. The number of halogens is 1. The Bertz CT molecular complexity index is 639. The number of rotatable bonds is 3. The topological polar surface area (TPSA) is 36.4 Å². The van der Waals surface area contributed by atoms with Gasteiger partial charge in [0.05, 0.1) is 0 Å². The van der Waals surface area contributed by atoms with Crippen LogP contribution in [0.5, 0.6) is 0 Å². The first-order valence-electron chi connectivity index (χ1n) is 7.39. The summed E-state index contributed by atoms with van der Waals surface area (Å²) in [5.41, 5.74) is 2.01. The van der Waals surface area contributed by atoms with Crippen molar-refractivity contribution < 1.29 is 4.79 Å². The van der Waals surface area contributed by atoms with Gasteiger partial charge in [-0.2, -0.15) is 0 Å². The number of amides is 1. The Kier molecular flexibility index (Phi) is 4.85. The van der Waals surface area contributed by atoms with Crippen molar-refractivity contribution in [3.63, 3.8) is 0 Å². The SMILES string of the molecule is O=C(c1ccncc1)N1CCN(Cc2ccccc2Br)CC1. The number of carbonyl (C=O) groups excluding carboxylic acids is 1. The van der Waals surface area contributed by atoms with Crippen LogP contribution in [0.3, 0.4) is 0 Å². The molecule has 22 heavy (non-hydrogen) atoms. The summed E-state index contributed by atoms with van der Waals surface area (Å²) in [5.74, 6) is 0.0999. The lowest BCUT2D eigenvalue weighted by Crippen LogP contribution is -2.48. The Morgan fingerprint density at radius 1 is 1.05 bits per heavy atom. The molecular formula is C17H18BrN3O. The van der Waals surface area contributed by atoms with Crippen molar-refractivity contribution in [2.75, 3.05) is 26.2 Å². The molecular weight excluding hydrogens is 342 g/mol. The average molecular weight is 360 g/mol. The average Bonchev–Trinajstić information content (AvgIpc) is 2.58. The number of carbonyl (C=O) groups is 1. The van der Waals surface area contributed by atoms with Gasteiger partial charge in [0, 0.05) is 55.2 Å². The number of benzene rings is 1. The molecule has 0 atom stereocenters. The van der Waals surface area contributed by atoms with Crippen LogP contribution >= 0.6 is 15.9 Å². The van der Waals surface area contributed by atoms with Crippen LogP contribution in [-0.2, 0) is 6.54 Å². The van der Waals surface area contributed by atoms with Crippen LogP contribution in [0.25, 0.3) is 0 Å². The van der Waals surface area contributed by atoms with Gasteiger partial charge < -0.3 is 4.90 Å². The highest BCUT2D eigenvalue weighted by molar-refractivity contribution is 9.10. The predicted molar refractivity (Wildman–Crippen MR) is 89.6 cm³/mol. The predicted octanol–water partition coefficient (Wildman–Crippen LogP) is 2.80. The standard InChI is InChI=1S/C17H18BrN3O/c18-16-4-2-1-3-15(16)13-20-9-11-21(12-10-20)17(22)14-5-7-19-8-6-14/h1-8H,9-13H2. The van der Waals surface area contributed by atoms with Gasteiger partial charge in [-0.05, 0) is 23.8 Å². The molecule has 2 heterocycles. The maximum atomic E-state index is 12.4. The molecule has 0 radical (unpaired) electrons. The van der Waals surface area contributed by atoms with E-state index in [1.807, 2.05) is 11.0 Å². The van der Waals surface area contributed by atoms with Crippen molar-refractivity contribution in [2.24, 2.45) is 0 Å². The van der Waals surface area contributed by atoms with Crippen molar-refractivity contribution in [1.29, 1.82) is 0 Å². The van der Waals surface area contributed by atoms with Crippen molar-refractivity contribution in [3.8, 4) is 0 Å². The summed E-state index contributed by atoms with van der Waals surface area (Å²) in [6, 6.07) is 11.8. The summed E-state index contributed by atoms with van der Waals surface area (Å²) in [6.07, 6.45) is 3.33. The van der Waals surface area contributed by atoms with E-state index in [1.54, 1.807) is 24.5 Å². The molecule has 0 unspecified atom stereocenters. The van der Waals surface area contributed by atoms with Gasteiger partial charge in [0.15, 0.2) is 0 Å². The Balaban J connectivity index is 1.57. The second-order valence-corrected chi connectivity index (χ2v) is 6.25. The number of hydrogen-bond acceptors (Lipinski definition) is 3. The van der Waals surface area contributed by atoms with E-state index in [1.165, 1.54) is 5.56 Å².